The Bertz CT molecular complexity index is 356. The molecule has 0 aromatic heterocycles. The van der Waals surface area contributed by atoms with Crippen LogP contribution in [0.2, 0.25) is 0 Å². The predicted octanol–water partition coefficient (Wildman–Crippen LogP) is 2.55. The minimum Gasteiger partial charge on any atom is -0.444 e. The first-order valence-corrected chi connectivity index (χ1v) is 7.43. The molecule has 1 N–H and O–H groups in total. The predicted molar refractivity (Wildman–Crippen MR) is 75.7 cm³/mol. The van der Waals surface area contributed by atoms with Crippen molar-refractivity contribution in [1.29, 1.82) is 0 Å². The largest absolute Gasteiger partial charge is 0.444 e. The van der Waals surface area contributed by atoms with Crippen molar-refractivity contribution in [3.8, 4) is 0 Å². The number of amides is 1. The lowest BCUT2D eigenvalue weighted by atomic mass is 10.2. The van der Waals surface area contributed by atoms with Crippen molar-refractivity contribution in [3.05, 3.63) is 0 Å². The number of alkyl halides is 3. The first-order valence-electron chi connectivity index (χ1n) is 7.43. The molecule has 0 radical (unpaired) electrons. The van der Waals surface area contributed by atoms with Gasteiger partial charge in [-0.15, -0.1) is 0 Å². The topological polar surface area (TPSA) is 50.8 Å². The van der Waals surface area contributed by atoms with Crippen LogP contribution in [0.4, 0.5) is 18.0 Å². The van der Waals surface area contributed by atoms with Gasteiger partial charge in [0.2, 0.25) is 0 Å². The summed E-state index contributed by atoms with van der Waals surface area (Å²) >= 11 is 0. The van der Waals surface area contributed by atoms with Crippen molar-refractivity contribution in [2.75, 3.05) is 32.8 Å². The quantitative estimate of drug-likeness (QED) is 0.762. The third kappa shape index (κ3) is 7.84. The Balaban J connectivity index is 2.23. The fourth-order valence-electron chi connectivity index (χ4n) is 2.21. The molecule has 0 aromatic rings. The van der Waals surface area contributed by atoms with Crippen LogP contribution in [0.5, 0.6) is 0 Å². The van der Waals surface area contributed by atoms with Crippen LogP contribution < -0.4 is 5.32 Å². The molecule has 1 saturated heterocycles. The monoisotopic (exact) mass is 326 g/mol. The van der Waals surface area contributed by atoms with Crippen LogP contribution in [-0.2, 0) is 9.47 Å². The molecule has 0 aromatic carbocycles. The van der Waals surface area contributed by atoms with E-state index in [-0.39, 0.29) is 18.7 Å². The molecule has 1 heterocycles. The Morgan fingerprint density at radius 2 is 2.00 bits per heavy atom. The maximum atomic E-state index is 12.0. The summed E-state index contributed by atoms with van der Waals surface area (Å²) < 4.78 is 45.5. The zero-order valence-corrected chi connectivity index (χ0v) is 13.3. The molecule has 22 heavy (non-hydrogen) atoms. The normalized spacial score (nSPS) is 19.5. The highest BCUT2D eigenvalue weighted by Crippen LogP contribution is 2.20. The van der Waals surface area contributed by atoms with E-state index in [1.165, 1.54) is 0 Å². The van der Waals surface area contributed by atoms with Crippen molar-refractivity contribution in [1.82, 2.24) is 10.2 Å². The highest BCUT2D eigenvalue weighted by atomic mass is 19.4. The zero-order chi connectivity index (χ0) is 16.8. The summed E-state index contributed by atoms with van der Waals surface area (Å²) in [6.45, 7) is 5.67. The van der Waals surface area contributed by atoms with Crippen LogP contribution in [0.15, 0.2) is 0 Å². The Morgan fingerprint density at radius 1 is 1.32 bits per heavy atom. The van der Waals surface area contributed by atoms with Gasteiger partial charge in [0.1, 0.15) is 12.2 Å². The molecule has 0 bridgehead atoms. The lowest BCUT2D eigenvalue weighted by Gasteiger charge is -2.28. The van der Waals surface area contributed by atoms with Crippen LogP contribution in [0.1, 0.15) is 33.6 Å². The van der Waals surface area contributed by atoms with Gasteiger partial charge in [-0.2, -0.15) is 13.2 Å². The van der Waals surface area contributed by atoms with Crippen LogP contribution in [0.3, 0.4) is 0 Å². The molecular weight excluding hydrogens is 301 g/mol. The number of likely N-dealkylation sites (tertiary alicyclic amines) is 1. The first-order chi connectivity index (χ1) is 10.1. The number of ether oxygens (including phenoxy) is 2. The molecule has 0 spiro atoms. The average Bonchev–Trinajstić information content (AvgIpc) is 2.78. The van der Waals surface area contributed by atoms with E-state index in [0.29, 0.717) is 19.6 Å². The molecule has 1 amide bonds. The SMILES string of the molecule is CC(C)(C)OC(=O)N1CCCC1CNCCOCC(F)(F)F. The van der Waals surface area contributed by atoms with Gasteiger partial charge < -0.3 is 19.7 Å². The van der Waals surface area contributed by atoms with Gasteiger partial charge >= 0.3 is 12.3 Å². The summed E-state index contributed by atoms with van der Waals surface area (Å²) in [4.78, 5) is 13.7. The Morgan fingerprint density at radius 3 is 2.59 bits per heavy atom. The number of halogens is 3. The summed E-state index contributed by atoms with van der Waals surface area (Å²) in [6, 6.07) is 0.0115. The fourth-order valence-corrected chi connectivity index (χ4v) is 2.21. The minimum absolute atomic E-state index is 0.0115. The van der Waals surface area contributed by atoms with Crippen molar-refractivity contribution >= 4 is 6.09 Å². The van der Waals surface area contributed by atoms with Crippen molar-refractivity contribution < 1.29 is 27.4 Å². The van der Waals surface area contributed by atoms with Crippen molar-refractivity contribution in [2.24, 2.45) is 0 Å². The van der Waals surface area contributed by atoms with E-state index in [4.69, 9.17) is 4.74 Å². The molecule has 130 valence electrons. The smallest absolute Gasteiger partial charge is 0.411 e. The highest BCUT2D eigenvalue weighted by Gasteiger charge is 2.31. The standard InChI is InChI=1S/C14H25F3N2O3/c1-13(2,3)22-12(20)19-7-4-5-11(19)9-18-6-8-21-10-14(15,16)17/h11,18H,4-10H2,1-3H3. The first kappa shape index (κ1) is 19.0. The van der Waals surface area contributed by atoms with Crippen molar-refractivity contribution in [3.63, 3.8) is 0 Å². The van der Waals surface area contributed by atoms with Gasteiger partial charge in [-0.05, 0) is 33.6 Å². The summed E-state index contributed by atoms with van der Waals surface area (Å²) in [7, 11) is 0. The second-order valence-electron chi connectivity index (χ2n) is 6.34. The third-order valence-corrected chi connectivity index (χ3v) is 3.07. The Kier molecular flexibility index (Phi) is 6.93. The van der Waals surface area contributed by atoms with E-state index < -0.39 is 18.4 Å². The second kappa shape index (κ2) is 8.01. The second-order valence-corrected chi connectivity index (χ2v) is 6.34. The summed E-state index contributed by atoms with van der Waals surface area (Å²) in [5, 5.41) is 3.02. The number of nitrogens with one attached hydrogen (secondary N) is 1. The minimum atomic E-state index is -4.29. The Hall–Kier alpha value is -1.02. The maximum Gasteiger partial charge on any atom is 0.411 e. The van der Waals surface area contributed by atoms with Gasteiger partial charge in [-0.25, -0.2) is 4.79 Å². The van der Waals surface area contributed by atoms with Crippen LogP contribution in [0.25, 0.3) is 0 Å². The molecule has 1 aliphatic rings. The van der Waals surface area contributed by atoms with E-state index in [2.05, 4.69) is 10.1 Å². The molecule has 1 unspecified atom stereocenters. The lowest BCUT2D eigenvalue weighted by molar-refractivity contribution is -0.173. The molecule has 1 rings (SSSR count). The van der Waals surface area contributed by atoms with Crippen LogP contribution in [-0.4, -0.2) is 61.7 Å². The van der Waals surface area contributed by atoms with E-state index in [9.17, 15) is 18.0 Å². The van der Waals surface area contributed by atoms with Crippen LogP contribution in [0, 0.1) is 0 Å². The molecular formula is C14H25F3N2O3. The Labute approximate surface area is 129 Å². The number of hydrogen-bond acceptors (Lipinski definition) is 4. The maximum absolute atomic E-state index is 12.0. The highest BCUT2D eigenvalue weighted by molar-refractivity contribution is 5.69. The number of nitrogens with zero attached hydrogens (tertiary/aromatic N) is 1. The van der Waals surface area contributed by atoms with Gasteiger partial charge in [-0.1, -0.05) is 0 Å². The molecule has 1 atom stereocenters. The molecule has 1 aliphatic heterocycles. The average molecular weight is 326 g/mol. The van der Waals surface area contributed by atoms with Gasteiger partial charge in [0.05, 0.1) is 6.61 Å². The molecule has 5 nitrogen and oxygen atoms in total. The number of hydrogen-bond donors (Lipinski definition) is 1. The summed E-state index contributed by atoms with van der Waals surface area (Å²) in [6.07, 6.45) is -2.88. The van der Waals surface area contributed by atoms with E-state index in [1.54, 1.807) is 4.90 Å². The number of rotatable bonds is 6. The van der Waals surface area contributed by atoms with E-state index in [1.807, 2.05) is 20.8 Å². The van der Waals surface area contributed by atoms with Gasteiger partial charge in [0, 0.05) is 25.7 Å². The summed E-state index contributed by atoms with van der Waals surface area (Å²) in [5.74, 6) is 0. The van der Waals surface area contributed by atoms with Gasteiger partial charge in [-0.3, -0.25) is 0 Å². The van der Waals surface area contributed by atoms with Crippen LogP contribution >= 0.6 is 0 Å². The van der Waals surface area contributed by atoms with Gasteiger partial charge in [0.15, 0.2) is 0 Å². The molecule has 8 heteroatoms. The number of carbonyl (C=O) groups excluding carboxylic acids is 1. The van der Waals surface area contributed by atoms with E-state index in [0.717, 1.165) is 12.8 Å². The lowest BCUT2D eigenvalue weighted by Crippen LogP contribution is -2.44. The van der Waals surface area contributed by atoms with E-state index >= 15 is 0 Å². The third-order valence-electron chi connectivity index (χ3n) is 3.07. The molecule has 0 saturated carbocycles. The fraction of sp³-hybridized carbons (Fsp3) is 0.929. The van der Waals surface area contributed by atoms with Crippen molar-refractivity contribution in [2.45, 2.75) is 51.4 Å². The number of carbonyl (C=O) groups is 1. The molecule has 0 aliphatic carbocycles. The molecule has 1 fully saturated rings. The summed E-state index contributed by atoms with van der Waals surface area (Å²) in [5.41, 5.74) is -0.539. The zero-order valence-electron chi connectivity index (χ0n) is 13.3. The van der Waals surface area contributed by atoms with Gasteiger partial charge in [0.25, 0.3) is 0 Å².